The van der Waals surface area contributed by atoms with E-state index < -0.39 is 5.60 Å². The summed E-state index contributed by atoms with van der Waals surface area (Å²) in [4.78, 5) is 6.47. The van der Waals surface area contributed by atoms with Gasteiger partial charge in [0.1, 0.15) is 5.75 Å². The number of ether oxygens (including phenoxy) is 1. The molecule has 2 aliphatic rings. The molecule has 184 valence electrons. The average molecular weight is 496 g/mol. The van der Waals surface area contributed by atoms with E-state index in [-0.39, 0.29) is 0 Å². The molecule has 2 aliphatic carbocycles. The van der Waals surface area contributed by atoms with Crippen LogP contribution in [0.5, 0.6) is 5.75 Å². The SMILES string of the molecule is CSc1cccc(-c2nc(C3(Oc4ccccc4)CCC(c4ccccc4)CC3)n(CC3CC3)n2)c1. The van der Waals surface area contributed by atoms with Gasteiger partial charge in [0.25, 0.3) is 0 Å². The quantitative estimate of drug-likeness (QED) is 0.235. The monoisotopic (exact) mass is 495 g/mol. The molecule has 0 radical (unpaired) electrons. The van der Waals surface area contributed by atoms with Crippen LogP contribution >= 0.6 is 11.8 Å². The van der Waals surface area contributed by atoms with Gasteiger partial charge in [0.05, 0.1) is 0 Å². The van der Waals surface area contributed by atoms with Crippen LogP contribution in [0.15, 0.2) is 89.8 Å². The van der Waals surface area contributed by atoms with Crippen molar-refractivity contribution >= 4 is 11.8 Å². The third kappa shape index (κ3) is 4.94. The van der Waals surface area contributed by atoms with Crippen molar-refractivity contribution in [2.24, 2.45) is 5.92 Å². The first-order valence-corrected chi connectivity index (χ1v) is 14.3. The Kier molecular flexibility index (Phi) is 6.58. The number of hydrogen-bond acceptors (Lipinski definition) is 4. The van der Waals surface area contributed by atoms with Crippen LogP contribution in [0.3, 0.4) is 0 Å². The highest BCUT2D eigenvalue weighted by molar-refractivity contribution is 7.98. The molecule has 3 aromatic carbocycles. The molecule has 4 aromatic rings. The van der Waals surface area contributed by atoms with Crippen LogP contribution in [0.1, 0.15) is 55.8 Å². The second kappa shape index (κ2) is 10.1. The lowest BCUT2D eigenvalue weighted by atomic mass is 9.75. The summed E-state index contributed by atoms with van der Waals surface area (Å²) in [5.41, 5.74) is 2.02. The normalized spacial score (nSPS) is 21.9. The highest BCUT2D eigenvalue weighted by Crippen LogP contribution is 2.46. The van der Waals surface area contributed by atoms with Crippen molar-refractivity contribution in [1.82, 2.24) is 14.8 Å². The highest BCUT2D eigenvalue weighted by Gasteiger charge is 2.44. The Labute approximate surface area is 218 Å². The number of rotatable bonds is 8. The molecule has 2 fully saturated rings. The van der Waals surface area contributed by atoms with Crippen molar-refractivity contribution in [3.63, 3.8) is 0 Å². The van der Waals surface area contributed by atoms with Gasteiger partial charge in [0, 0.05) is 17.0 Å². The van der Waals surface area contributed by atoms with E-state index in [1.165, 1.54) is 23.3 Å². The lowest BCUT2D eigenvalue weighted by Crippen LogP contribution is -2.40. The van der Waals surface area contributed by atoms with Gasteiger partial charge < -0.3 is 4.74 Å². The topological polar surface area (TPSA) is 39.9 Å². The zero-order valence-electron chi connectivity index (χ0n) is 20.8. The van der Waals surface area contributed by atoms with Crippen LogP contribution in [0, 0.1) is 5.92 Å². The van der Waals surface area contributed by atoms with Gasteiger partial charge in [-0.2, -0.15) is 5.10 Å². The van der Waals surface area contributed by atoms with Gasteiger partial charge in [-0.25, -0.2) is 9.67 Å². The predicted molar refractivity (Wildman–Crippen MR) is 146 cm³/mol. The first-order chi connectivity index (χ1) is 17.7. The molecule has 1 aromatic heterocycles. The van der Waals surface area contributed by atoms with Gasteiger partial charge in [0.15, 0.2) is 17.2 Å². The van der Waals surface area contributed by atoms with Crippen molar-refractivity contribution < 1.29 is 4.74 Å². The van der Waals surface area contributed by atoms with E-state index in [9.17, 15) is 0 Å². The molecule has 0 saturated heterocycles. The van der Waals surface area contributed by atoms with E-state index in [0.29, 0.717) is 11.8 Å². The van der Waals surface area contributed by atoms with Crippen molar-refractivity contribution in [3.05, 3.63) is 96.3 Å². The predicted octanol–water partition coefficient (Wildman–Crippen LogP) is 7.71. The van der Waals surface area contributed by atoms with E-state index in [1.54, 1.807) is 11.8 Å². The number of para-hydroxylation sites is 1. The average Bonchev–Trinajstić information content (AvgIpc) is 3.65. The zero-order valence-corrected chi connectivity index (χ0v) is 21.7. The standard InChI is InChI=1S/C31H33N3OS/c1-36-28-14-8-11-26(21-28)29-32-30(34(33-29)22-23-15-16-23)31(35-27-12-6-3-7-13-27)19-17-25(18-20-31)24-9-4-2-5-10-24/h2-14,21,23,25H,15-20,22H2,1H3. The summed E-state index contributed by atoms with van der Waals surface area (Å²) < 4.78 is 9.11. The molecule has 0 unspecified atom stereocenters. The van der Waals surface area contributed by atoms with Crippen molar-refractivity contribution in [3.8, 4) is 17.1 Å². The molecular weight excluding hydrogens is 462 g/mol. The summed E-state index contributed by atoms with van der Waals surface area (Å²) in [5, 5.41) is 5.09. The van der Waals surface area contributed by atoms with E-state index in [0.717, 1.165) is 55.2 Å². The van der Waals surface area contributed by atoms with Gasteiger partial charge in [-0.1, -0.05) is 60.7 Å². The summed E-state index contributed by atoms with van der Waals surface area (Å²) >= 11 is 1.75. The number of thioether (sulfide) groups is 1. The van der Waals surface area contributed by atoms with Gasteiger partial charge in [-0.15, -0.1) is 11.8 Å². The van der Waals surface area contributed by atoms with E-state index >= 15 is 0 Å². The molecular formula is C31H33N3OS. The summed E-state index contributed by atoms with van der Waals surface area (Å²) in [6.07, 6.45) is 8.66. The van der Waals surface area contributed by atoms with Crippen LogP contribution in [-0.2, 0) is 12.1 Å². The van der Waals surface area contributed by atoms with Crippen LogP contribution in [0.25, 0.3) is 11.4 Å². The summed E-state index contributed by atoms with van der Waals surface area (Å²) in [5.74, 6) is 3.96. The molecule has 1 heterocycles. The molecule has 0 N–H and O–H groups in total. The first-order valence-electron chi connectivity index (χ1n) is 13.1. The molecule has 0 amide bonds. The minimum absolute atomic E-state index is 0.482. The fourth-order valence-electron chi connectivity index (χ4n) is 5.46. The second-order valence-electron chi connectivity index (χ2n) is 10.2. The zero-order chi connectivity index (χ0) is 24.4. The Morgan fingerprint density at radius 3 is 2.31 bits per heavy atom. The fraction of sp³-hybridized carbons (Fsp3) is 0.355. The van der Waals surface area contributed by atoms with Crippen LogP contribution in [-0.4, -0.2) is 21.0 Å². The summed E-state index contributed by atoms with van der Waals surface area (Å²) in [6, 6.07) is 29.8. The minimum atomic E-state index is -0.482. The van der Waals surface area contributed by atoms with Gasteiger partial charge in [0.2, 0.25) is 0 Å². The largest absolute Gasteiger partial charge is 0.479 e. The lowest BCUT2D eigenvalue weighted by molar-refractivity contribution is 0.00808. The Morgan fingerprint density at radius 2 is 1.61 bits per heavy atom. The molecule has 6 rings (SSSR count). The van der Waals surface area contributed by atoms with E-state index in [2.05, 4.69) is 77.7 Å². The van der Waals surface area contributed by atoms with Crippen molar-refractivity contribution in [2.45, 2.75) is 61.5 Å². The van der Waals surface area contributed by atoms with Gasteiger partial charge in [-0.05, 0) is 86.4 Å². The Hall–Kier alpha value is -3.05. The van der Waals surface area contributed by atoms with Crippen LogP contribution < -0.4 is 4.74 Å². The van der Waals surface area contributed by atoms with E-state index in [1.807, 2.05) is 18.2 Å². The van der Waals surface area contributed by atoms with Gasteiger partial charge >= 0.3 is 0 Å². The number of hydrogen-bond donors (Lipinski definition) is 0. The first kappa shape index (κ1) is 23.4. The molecule has 0 spiro atoms. The maximum atomic E-state index is 6.92. The highest BCUT2D eigenvalue weighted by atomic mass is 32.2. The molecule has 0 atom stereocenters. The summed E-state index contributed by atoms with van der Waals surface area (Å²) in [7, 11) is 0. The Bertz CT molecular complexity index is 1290. The molecule has 2 saturated carbocycles. The molecule has 0 bridgehead atoms. The lowest BCUT2D eigenvalue weighted by Gasteiger charge is -2.40. The van der Waals surface area contributed by atoms with Gasteiger partial charge in [-0.3, -0.25) is 0 Å². The second-order valence-corrected chi connectivity index (χ2v) is 11.1. The minimum Gasteiger partial charge on any atom is -0.479 e. The molecule has 0 aliphatic heterocycles. The molecule has 36 heavy (non-hydrogen) atoms. The summed E-state index contributed by atoms with van der Waals surface area (Å²) in [6.45, 7) is 0.923. The number of nitrogens with zero attached hydrogens (tertiary/aromatic N) is 3. The third-order valence-corrected chi connectivity index (χ3v) is 8.38. The van der Waals surface area contributed by atoms with Crippen molar-refractivity contribution in [2.75, 3.05) is 6.26 Å². The van der Waals surface area contributed by atoms with Crippen LogP contribution in [0.4, 0.5) is 0 Å². The van der Waals surface area contributed by atoms with E-state index in [4.69, 9.17) is 14.8 Å². The third-order valence-electron chi connectivity index (χ3n) is 7.66. The number of aromatic nitrogens is 3. The maximum absolute atomic E-state index is 6.92. The smallest absolute Gasteiger partial charge is 0.181 e. The Morgan fingerprint density at radius 1 is 0.889 bits per heavy atom. The maximum Gasteiger partial charge on any atom is 0.181 e. The molecule has 5 heteroatoms. The Balaban J connectivity index is 1.39. The van der Waals surface area contributed by atoms with Crippen LogP contribution in [0.2, 0.25) is 0 Å². The number of benzene rings is 3. The fourth-order valence-corrected chi connectivity index (χ4v) is 5.92. The molecule has 4 nitrogen and oxygen atoms in total. The van der Waals surface area contributed by atoms with Crippen molar-refractivity contribution in [1.29, 1.82) is 0 Å².